The lowest BCUT2D eigenvalue weighted by Gasteiger charge is -2.24. The number of aromatic nitrogens is 1. The van der Waals surface area contributed by atoms with Crippen LogP contribution in [0, 0.1) is 5.41 Å². The minimum absolute atomic E-state index is 0.0753. The Morgan fingerprint density at radius 1 is 1.16 bits per heavy atom. The maximum atomic E-state index is 13.5. The van der Waals surface area contributed by atoms with E-state index in [1.807, 2.05) is 57.2 Å². The molecule has 1 unspecified atom stereocenters. The van der Waals surface area contributed by atoms with Crippen molar-refractivity contribution in [2.45, 2.75) is 43.9 Å². The maximum Gasteiger partial charge on any atom is 0.311 e. The van der Waals surface area contributed by atoms with Crippen LogP contribution in [-0.2, 0) is 22.5 Å². The molecule has 2 aromatic carbocycles. The highest BCUT2D eigenvalue weighted by Gasteiger charge is 2.38. The molecule has 0 amide bonds. The van der Waals surface area contributed by atoms with Crippen LogP contribution in [0.25, 0.3) is 10.9 Å². The van der Waals surface area contributed by atoms with Gasteiger partial charge in [0.25, 0.3) is 0 Å². The van der Waals surface area contributed by atoms with Crippen molar-refractivity contribution in [1.29, 1.82) is 0 Å². The molecule has 0 aliphatic carbocycles. The van der Waals surface area contributed by atoms with Gasteiger partial charge in [0, 0.05) is 34.6 Å². The zero-order valence-corrected chi connectivity index (χ0v) is 20.4. The number of hydrogen-bond donors (Lipinski definition) is 0. The van der Waals surface area contributed by atoms with E-state index in [-0.39, 0.29) is 17.0 Å². The highest BCUT2D eigenvalue weighted by atomic mass is 35.5. The summed E-state index contributed by atoms with van der Waals surface area (Å²) in [7, 11) is 3.04. The second kappa shape index (κ2) is 8.49. The number of thioether (sulfide) groups is 1. The Kier molecular flexibility index (Phi) is 6.03. The molecule has 1 aliphatic heterocycles. The minimum atomic E-state index is -0.796. The molecule has 2 heterocycles. The molecule has 0 fully saturated rings. The van der Waals surface area contributed by atoms with Gasteiger partial charge in [-0.05, 0) is 50.6 Å². The molecule has 1 aromatic heterocycles. The number of nitrogens with zero attached hydrogens (tertiary/aromatic N) is 1. The number of esters is 1. The number of ether oxygens (including phenoxy) is 2. The van der Waals surface area contributed by atoms with Gasteiger partial charge in [0.1, 0.15) is 5.75 Å². The predicted octanol–water partition coefficient (Wildman–Crippen LogP) is 5.77. The van der Waals surface area contributed by atoms with Crippen molar-refractivity contribution in [3.63, 3.8) is 0 Å². The summed E-state index contributed by atoms with van der Waals surface area (Å²) in [6, 6.07) is 11.6. The molecule has 0 N–H and O–H groups in total. The predicted molar refractivity (Wildman–Crippen MR) is 128 cm³/mol. The van der Waals surface area contributed by atoms with E-state index < -0.39 is 5.41 Å². The first kappa shape index (κ1) is 22.7. The van der Waals surface area contributed by atoms with Crippen LogP contribution in [0.5, 0.6) is 5.75 Å². The number of rotatable bonds is 6. The molecule has 7 heteroatoms. The van der Waals surface area contributed by atoms with Crippen LogP contribution < -0.4 is 4.74 Å². The zero-order chi connectivity index (χ0) is 23.2. The first-order chi connectivity index (χ1) is 15.2. The normalized spacial score (nSPS) is 15.8. The molecule has 3 aromatic rings. The Hall–Kier alpha value is -2.44. The van der Waals surface area contributed by atoms with Crippen molar-refractivity contribution in [2.24, 2.45) is 5.41 Å². The summed E-state index contributed by atoms with van der Waals surface area (Å²) in [5, 5.41) is 1.33. The molecule has 168 valence electrons. The van der Waals surface area contributed by atoms with Crippen molar-refractivity contribution < 1.29 is 19.1 Å². The van der Waals surface area contributed by atoms with Crippen LogP contribution in [0.2, 0.25) is 5.02 Å². The molecule has 0 bridgehead atoms. The number of hydrogen-bond acceptors (Lipinski definition) is 5. The number of halogens is 1. The fourth-order valence-electron chi connectivity index (χ4n) is 4.32. The largest absolute Gasteiger partial charge is 0.496 e. The Balaban J connectivity index is 2.00. The summed E-state index contributed by atoms with van der Waals surface area (Å²) in [6.45, 7) is 6.17. The molecule has 1 aliphatic rings. The third kappa shape index (κ3) is 3.80. The molecule has 4 rings (SSSR count). The molecule has 0 spiro atoms. The van der Waals surface area contributed by atoms with Gasteiger partial charge in [-0.15, -0.1) is 11.8 Å². The van der Waals surface area contributed by atoms with E-state index in [0.717, 1.165) is 32.8 Å². The van der Waals surface area contributed by atoms with E-state index in [2.05, 4.69) is 4.57 Å². The van der Waals surface area contributed by atoms with Gasteiger partial charge in [-0.3, -0.25) is 9.59 Å². The summed E-state index contributed by atoms with van der Waals surface area (Å²) in [5.41, 5.74) is 2.74. The topological polar surface area (TPSA) is 57.5 Å². The fraction of sp³-hybridized carbons (Fsp3) is 0.360. The van der Waals surface area contributed by atoms with Gasteiger partial charge in [0.2, 0.25) is 0 Å². The summed E-state index contributed by atoms with van der Waals surface area (Å²) in [4.78, 5) is 27.0. The van der Waals surface area contributed by atoms with Gasteiger partial charge in [-0.1, -0.05) is 23.7 Å². The average Bonchev–Trinajstić information content (AvgIpc) is 3.06. The van der Waals surface area contributed by atoms with Crippen molar-refractivity contribution in [3.8, 4) is 5.75 Å². The average molecular weight is 472 g/mol. The van der Waals surface area contributed by atoms with Crippen molar-refractivity contribution in [1.82, 2.24) is 4.57 Å². The van der Waals surface area contributed by atoms with E-state index >= 15 is 0 Å². The molecule has 32 heavy (non-hydrogen) atoms. The van der Waals surface area contributed by atoms with Gasteiger partial charge in [0.15, 0.2) is 5.78 Å². The van der Waals surface area contributed by atoms with Crippen LogP contribution in [0.1, 0.15) is 42.4 Å². The molecule has 0 saturated heterocycles. The number of carbonyl (C=O) groups is 2. The summed E-state index contributed by atoms with van der Waals surface area (Å²) in [5.74, 6) is 0.522. The Bertz CT molecular complexity index is 1210. The molecule has 5 nitrogen and oxygen atoms in total. The first-order valence-electron chi connectivity index (χ1n) is 10.4. The smallest absolute Gasteiger partial charge is 0.311 e. The molecule has 0 radical (unpaired) electrons. The van der Waals surface area contributed by atoms with Crippen molar-refractivity contribution in [2.75, 3.05) is 14.2 Å². The first-order valence-corrected chi connectivity index (χ1v) is 11.7. The maximum absolute atomic E-state index is 13.5. The second-order valence-electron chi connectivity index (χ2n) is 8.70. The van der Waals surface area contributed by atoms with Crippen molar-refractivity contribution >= 4 is 46.0 Å². The summed E-state index contributed by atoms with van der Waals surface area (Å²) >= 11 is 7.61. The third-order valence-electron chi connectivity index (χ3n) is 5.99. The van der Waals surface area contributed by atoms with Gasteiger partial charge in [0.05, 0.1) is 35.3 Å². The Morgan fingerprint density at radius 3 is 2.47 bits per heavy atom. The van der Waals surface area contributed by atoms with Crippen LogP contribution in [0.4, 0.5) is 0 Å². The molecule has 0 saturated carbocycles. The van der Waals surface area contributed by atoms with E-state index in [0.29, 0.717) is 23.6 Å². The lowest BCUT2D eigenvalue weighted by Crippen LogP contribution is -2.30. The van der Waals surface area contributed by atoms with Gasteiger partial charge >= 0.3 is 5.97 Å². The SMILES string of the molecule is COC(=O)C(C)(C)Cc1c2c3c(c(OC)ccc3n1Cc1ccc(Cl)cc1)SC(C)C2=O. The molecule has 1 atom stereocenters. The third-order valence-corrected chi connectivity index (χ3v) is 7.45. The number of Topliss-reactive ketones (excluding diaryl/α,β-unsaturated/α-hetero) is 1. The summed E-state index contributed by atoms with van der Waals surface area (Å²) in [6.07, 6.45) is 0.377. The number of ketones is 1. The lowest BCUT2D eigenvalue weighted by molar-refractivity contribution is -0.150. The monoisotopic (exact) mass is 471 g/mol. The Labute approximate surface area is 197 Å². The van der Waals surface area contributed by atoms with Crippen LogP contribution in [0.15, 0.2) is 41.3 Å². The van der Waals surface area contributed by atoms with E-state index in [1.165, 1.54) is 18.9 Å². The highest BCUT2D eigenvalue weighted by Crippen LogP contribution is 2.48. The van der Waals surface area contributed by atoms with Gasteiger partial charge in [-0.2, -0.15) is 0 Å². The van der Waals surface area contributed by atoms with Crippen LogP contribution in [-0.4, -0.2) is 35.8 Å². The van der Waals surface area contributed by atoms with Crippen LogP contribution >= 0.6 is 23.4 Å². The molecular formula is C25H26ClNO4S. The quantitative estimate of drug-likeness (QED) is 0.427. The highest BCUT2D eigenvalue weighted by molar-refractivity contribution is 8.01. The minimum Gasteiger partial charge on any atom is -0.496 e. The fourth-order valence-corrected chi connectivity index (χ4v) is 5.62. The lowest BCUT2D eigenvalue weighted by atomic mass is 9.85. The van der Waals surface area contributed by atoms with E-state index in [4.69, 9.17) is 21.1 Å². The number of methoxy groups -OCH3 is 2. The zero-order valence-electron chi connectivity index (χ0n) is 18.8. The van der Waals surface area contributed by atoms with Gasteiger partial charge in [-0.25, -0.2) is 0 Å². The number of carbonyl (C=O) groups excluding carboxylic acids is 2. The van der Waals surface area contributed by atoms with Gasteiger partial charge < -0.3 is 14.0 Å². The Morgan fingerprint density at radius 2 is 1.84 bits per heavy atom. The summed E-state index contributed by atoms with van der Waals surface area (Å²) < 4.78 is 12.8. The van der Waals surface area contributed by atoms with E-state index in [1.54, 1.807) is 7.11 Å². The molecular weight excluding hydrogens is 446 g/mol. The number of benzene rings is 2. The van der Waals surface area contributed by atoms with Crippen molar-refractivity contribution in [3.05, 3.63) is 58.2 Å². The van der Waals surface area contributed by atoms with Crippen LogP contribution in [0.3, 0.4) is 0 Å². The standard InChI is InChI=1S/C25H26ClNO4S/c1-14-22(28)20-18(12-25(2,3)24(29)31-5)27(13-15-6-8-16(26)9-7-15)17-10-11-19(30-4)23(32-14)21(17)20/h6-11,14H,12-13H2,1-5H3. The van der Waals surface area contributed by atoms with E-state index in [9.17, 15) is 9.59 Å². The second-order valence-corrected chi connectivity index (χ2v) is 10.5.